The van der Waals surface area contributed by atoms with Gasteiger partial charge >= 0.3 is 0 Å². The molecule has 0 N–H and O–H groups in total. The molecule has 2 heterocycles. The average molecular weight is 379 g/mol. The van der Waals surface area contributed by atoms with E-state index in [1.807, 2.05) is 24.3 Å². The van der Waals surface area contributed by atoms with Crippen LogP contribution in [0.1, 0.15) is 31.4 Å². The summed E-state index contributed by atoms with van der Waals surface area (Å²) in [4.78, 5) is 14.6. The number of ether oxygens (including phenoxy) is 1. The zero-order valence-electron chi connectivity index (χ0n) is 15.4. The predicted molar refractivity (Wildman–Crippen MR) is 101 cm³/mol. The quantitative estimate of drug-likeness (QED) is 0.612. The Labute approximate surface area is 162 Å². The van der Waals surface area contributed by atoms with Crippen molar-refractivity contribution < 1.29 is 18.4 Å². The van der Waals surface area contributed by atoms with Crippen LogP contribution in [0.4, 0.5) is 0 Å². The molecule has 0 saturated carbocycles. The van der Waals surface area contributed by atoms with Gasteiger partial charge in [-0.05, 0) is 62.1 Å². The molecule has 0 fully saturated rings. The molecule has 0 aliphatic heterocycles. The molecule has 7 heteroatoms. The van der Waals surface area contributed by atoms with E-state index in [0.29, 0.717) is 18.2 Å². The lowest BCUT2D eigenvalue weighted by Crippen LogP contribution is -2.34. The third kappa shape index (κ3) is 4.31. The Bertz CT molecular complexity index is 915. The van der Waals surface area contributed by atoms with Crippen molar-refractivity contribution in [2.24, 2.45) is 0 Å². The number of amides is 1. The Balaban J connectivity index is 1.41. The first-order valence-corrected chi connectivity index (χ1v) is 9.31. The Hall–Kier alpha value is -3.35. The maximum Gasteiger partial charge on any atom is 0.265 e. The molecule has 0 radical (unpaired) electrons. The minimum absolute atomic E-state index is 0.0437. The van der Waals surface area contributed by atoms with E-state index in [1.54, 1.807) is 23.3 Å². The highest BCUT2D eigenvalue weighted by Crippen LogP contribution is 2.24. The van der Waals surface area contributed by atoms with Gasteiger partial charge in [0.25, 0.3) is 5.91 Å². The maximum atomic E-state index is 12.9. The van der Waals surface area contributed by atoms with Crippen LogP contribution < -0.4 is 4.74 Å². The van der Waals surface area contributed by atoms with Crippen molar-refractivity contribution in [3.63, 3.8) is 0 Å². The van der Waals surface area contributed by atoms with Gasteiger partial charge in [0.1, 0.15) is 11.5 Å². The van der Waals surface area contributed by atoms with Crippen molar-refractivity contribution >= 4 is 5.91 Å². The molecule has 0 saturated heterocycles. The fourth-order valence-electron chi connectivity index (χ4n) is 3.19. The molecule has 144 valence electrons. The third-order valence-corrected chi connectivity index (χ3v) is 4.63. The molecule has 4 rings (SSSR count). The van der Waals surface area contributed by atoms with Gasteiger partial charge in [-0.1, -0.05) is 6.08 Å². The van der Waals surface area contributed by atoms with E-state index >= 15 is 0 Å². The van der Waals surface area contributed by atoms with E-state index in [9.17, 15) is 4.79 Å². The van der Waals surface area contributed by atoms with Crippen molar-refractivity contribution in [3.05, 3.63) is 66.6 Å². The smallest absolute Gasteiger partial charge is 0.265 e. The van der Waals surface area contributed by atoms with Gasteiger partial charge in [-0.3, -0.25) is 4.79 Å². The number of aromatic nitrogens is 2. The van der Waals surface area contributed by atoms with E-state index in [-0.39, 0.29) is 12.5 Å². The summed E-state index contributed by atoms with van der Waals surface area (Å²) in [5.74, 6) is 1.71. The number of carbonyl (C=O) groups excluding carboxylic acids is 1. The molecular formula is C21H21N3O4. The van der Waals surface area contributed by atoms with Crippen LogP contribution in [-0.4, -0.2) is 27.6 Å². The van der Waals surface area contributed by atoms with Crippen molar-refractivity contribution in [1.82, 2.24) is 15.1 Å². The minimum Gasteiger partial charge on any atom is -0.484 e. The number of furan rings is 1. The number of rotatable bonds is 7. The van der Waals surface area contributed by atoms with Crippen molar-refractivity contribution in [1.29, 1.82) is 0 Å². The van der Waals surface area contributed by atoms with Crippen molar-refractivity contribution in [2.75, 3.05) is 6.61 Å². The molecule has 1 aromatic carbocycles. The Kier molecular flexibility index (Phi) is 5.51. The highest BCUT2D eigenvalue weighted by atomic mass is 16.5. The van der Waals surface area contributed by atoms with Crippen LogP contribution in [0.2, 0.25) is 0 Å². The number of allylic oxidation sites excluding steroid dienone is 2. The number of carbonyl (C=O) groups is 1. The van der Waals surface area contributed by atoms with Crippen molar-refractivity contribution in [3.8, 4) is 17.2 Å². The Morgan fingerprint density at radius 1 is 1.14 bits per heavy atom. The molecule has 2 aromatic heterocycles. The van der Waals surface area contributed by atoms with E-state index in [1.165, 1.54) is 6.39 Å². The summed E-state index contributed by atoms with van der Waals surface area (Å²) in [7, 11) is 0. The molecule has 28 heavy (non-hydrogen) atoms. The molecule has 1 aliphatic carbocycles. The molecule has 0 unspecified atom stereocenters. The number of benzene rings is 1. The standard InChI is InChI=1S/C21H21N3O4/c25-20(14-27-18-10-8-16(9-11-18)21-23-22-15-28-21)24(13-19-7-4-12-26-19)17-5-2-1-3-6-17/h4-5,7-12,15H,1-3,6,13-14H2. The van der Waals surface area contributed by atoms with Crippen molar-refractivity contribution in [2.45, 2.75) is 32.2 Å². The highest BCUT2D eigenvalue weighted by molar-refractivity contribution is 5.79. The topological polar surface area (TPSA) is 81.6 Å². The normalized spacial score (nSPS) is 13.8. The second-order valence-corrected chi connectivity index (χ2v) is 6.56. The molecule has 1 aliphatic rings. The van der Waals surface area contributed by atoms with Crippen LogP contribution >= 0.6 is 0 Å². The van der Waals surface area contributed by atoms with Gasteiger partial charge in [-0.2, -0.15) is 0 Å². The fraction of sp³-hybridized carbons (Fsp3) is 0.286. The van der Waals surface area contributed by atoms with Gasteiger partial charge in [0, 0.05) is 11.3 Å². The summed E-state index contributed by atoms with van der Waals surface area (Å²) in [6, 6.07) is 10.9. The lowest BCUT2D eigenvalue weighted by atomic mass is 10.0. The van der Waals surface area contributed by atoms with E-state index in [4.69, 9.17) is 13.6 Å². The number of nitrogens with zero attached hydrogens (tertiary/aromatic N) is 3. The lowest BCUT2D eigenvalue weighted by molar-refractivity contribution is -0.132. The second kappa shape index (κ2) is 8.56. The van der Waals surface area contributed by atoms with E-state index in [2.05, 4.69) is 16.3 Å². The largest absolute Gasteiger partial charge is 0.484 e. The third-order valence-electron chi connectivity index (χ3n) is 4.63. The SMILES string of the molecule is O=C(COc1ccc(-c2nnco2)cc1)N(Cc1ccco1)C1=CCCCC1. The summed E-state index contributed by atoms with van der Waals surface area (Å²) >= 11 is 0. The molecule has 3 aromatic rings. The fourth-order valence-corrected chi connectivity index (χ4v) is 3.19. The second-order valence-electron chi connectivity index (χ2n) is 6.56. The summed E-state index contributed by atoms with van der Waals surface area (Å²) in [6.07, 6.45) is 9.19. The van der Waals surface area contributed by atoms with Gasteiger partial charge in [-0.25, -0.2) is 0 Å². The monoisotopic (exact) mass is 379 g/mol. The lowest BCUT2D eigenvalue weighted by Gasteiger charge is -2.27. The molecule has 0 atom stereocenters. The van der Waals surface area contributed by atoms with Crippen LogP contribution in [0.3, 0.4) is 0 Å². The van der Waals surface area contributed by atoms with E-state index < -0.39 is 0 Å². The first-order valence-electron chi connectivity index (χ1n) is 9.31. The molecular weight excluding hydrogens is 358 g/mol. The first-order chi connectivity index (χ1) is 13.8. The summed E-state index contributed by atoms with van der Waals surface area (Å²) in [5.41, 5.74) is 1.84. The Morgan fingerprint density at radius 3 is 2.71 bits per heavy atom. The maximum absolute atomic E-state index is 12.9. The van der Waals surface area contributed by atoms with Gasteiger partial charge in [-0.15, -0.1) is 10.2 Å². The predicted octanol–water partition coefficient (Wildman–Crippen LogP) is 4.20. The van der Waals surface area contributed by atoms with Gasteiger partial charge in [0.2, 0.25) is 12.3 Å². The van der Waals surface area contributed by atoms with Crippen LogP contribution in [0.25, 0.3) is 11.5 Å². The first kappa shape index (κ1) is 18.0. The van der Waals surface area contributed by atoms with Gasteiger partial charge < -0.3 is 18.5 Å². The highest BCUT2D eigenvalue weighted by Gasteiger charge is 2.21. The van der Waals surface area contributed by atoms with Crippen LogP contribution in [0.5, 0.6) is 5.75 Å². The average Bonchev–Trinajstić information content (AvgIpc) is 3.45. The summed E-state index contributed by atoms with van der Waals surface area (Å²) in [6.45, 7) is 0.370. The van der Waals surface area contributed by atoms with E-state index in [0.717, 1.165) is 42.7 Å². The van der Waals surface area contributed by atoms with Gasteiger partial charge in [0.05, 0.1) is 12.8 Å². The minimum atomic E-state index is -0.0921. The van der Waals surface area contributed by atoms with Crippen LogP contribution in [0.15, 0.2) is 69.7 Å². The molecule has 0 spiro atoms. The zero-order chi connectivity index (χ0) is 19.2. The van der Waals surface area contributed by atoms with Gasteiger partial charge in [0.15, 0.2) is 6.61 Å². The Morgan fingerprint density at radius 2 is 2.04 bits per heavy atom. The number of hydrogen-bond donors (Lipinski definition) is 0. The van der Waals surface area contributed by atoms with Crippen LogP contribution in [0, 0.1) is 0 Å². The molecule has 7 nitrogen and oxygen atoms in total. The molecule has 1 amide bonds. The summed E-state index contributed by atoms with van der Waals surface area (Å²) < 4.78 is 16.3. The van der Waals surface area contributed by atoms with Crippen LogP contribution in [-0.2, 0) is 11.3 Å². The molecule has 0 bridgehead atoms. The number of hydrogen-bond acceptors (Lipinski definition) is 6. The zero-order valence-corrected chi connectivity index (χ0v) is 15.4. The summed E-state index contributed by atoms with van der Waals surface area (Å²) in [5, 5.41) is 7.53.